The zero-order chi connectivity index (χ0) is 17.7. The molecule has 7 heteroatoms. The average Bonchev–Trinajstić information content (AvgIpc) is 2.55. The highest BCUT2D eigenvalue weighted by molar-refractivity contribution is 5.92. The monoisotopic (exact) mass is 331 g/mol. The fourth-order valence-corrected chi connectivity index (χ4v) is 2.20. The van der Waals surface area contributed by atoms with Crippen LogP contribution in [0.5, 0.6) is 0 Å². The minimum Gasteiger partial charge on any atom is -0.476 e. The van der Waals surface area contributed by atoms with Crippen LogP contribution in [0, 0.1) is 11.7 Å². The number of carboxylic acid groups (broad SMARTS) is 1. The van der Waals surface area contributed by atoms with Crippen LogP contribution in [-0.2, 0) is 6.54 Å². The zero-order valence-electron chi connectivity index (χ0n) is 13.4. The van der Waals surface area contributed by atoms with Gasteiger partial charge in [0.2, 0.25) is 0 Å². The van der Waals surface area contributed by atoms with E-state index in [9.17, 15) is 14.0 Å². The Labute approximate surface area is 139 Å². The highest BCUT2D eigenvalue weighted by Gasteiger charge is 2.20. The maximum absolute atomic E-state index is 13.9. The van der Waals surface area contributed by atoms with Gasteiger partial charge in [0.25, 0.3) is 5.91 Å². The van der Waals surface area contributed by atoms with Crippen molar-refractivity contribution >= 4 is 11.9 Å². The second-order valence-electron chi connectivity index (χ2n) is 5.76. The summed E-state index contributed by atoms with van der Waals surface area (Å²) in [5.74, 6) is -1.85. The fraction of sp³-hybridized carbons (Fsp3) is 0.294. The van der Waals surface area contributed by atoms with E-state index in [0.29, 0.717) is 12.1 Å². The van der Waals surface area contributed by atoms with Crippen molar-refractivity contribution in [2.24, 2.45) is 5.92 Å². The number of nitrogens with zero attached hydrogens (tertiary/aromatic N) is 3. The highest BCUT2D eigenvalue weighted by atomic mass is 19.1. The molecule has 0 bridgehead atoms. The van der Waals surface area contributed by atoms with Crippen molar-refractivity contribution in [3.05, 3.63) is 59.4 Å². The average molecular weight is 331 g/mol. The summed E-state index contributed by atoms with van der Waals surface area (Å²) in [5.41, 5.74) is 0.190. The van der Waals surface area contributed by atoms with Crippen molar-refractivity contribution in [2.75, 3.05) is 6.54 Å². The van der Waals surface area contributed by atoms with Gasteiger partial charge in [0.15, 0.2) is 5.69 Å². The largest absolute Gasteiger partial charge is 0.476 e. The Hall–Kier alpha value is -2.83. The van der Waals surface area contributed by atoms with Crippen molar-refractivity contribution in [3.63, 3.8) is 0 Å². The third-order valence-electron chi connectivity index (χ3n) is 3.28. The van der Waals surface area contributed by atoms with Gasteiger partial charge >= 0.3 is 5.97 Å². The number of amides is 1. The number of hydrogen-bond acceptors (Lipinski definition) is 4. The number of halogens is 1. The van der Waals surface area contributed by atoms with E-state index in [2.05, 4.69) is 9.97 Å². The molecule has 2 rings (SSSR count). The van der Waals surface area contributed by atoms with E-state index < -0.39 is 11.9 Å². The molecule has 1 aromatic carbocycles. The number of hydrogen-bond donors (Lipinski definition) is 1. The van der Waals surface area contributed by atoms with Crippen LogP contribution < -0.4 is 0 Å². The number of aromatic nitrogens is 2. The zero-order valence-corrected chi connectivity index (χ0v) is 13.4. The molecule has 1 amide bonds. The quantitative estimate of drug-likeness (QED) is 0.879. The summed E-state index contributed by atoms with van der Waals surface area (Å²) in [6.07, 6.45) is 2.16. The molecule has 1 N–H and O–H groups in total. The van der Waals surface area contributed by atoms with Crippen molar-refractivity contribution < 1.29 is 19.1 Å². The summed E-state index contributed by atoms with van der Waals surface area (Å²) in [7, 11) is 0. The van der Waals surface area contributed by atoms with Crippen molar-refractivity contribution in [1.29, 1.82) is 0 Å². The summed E-state index contributed by atoms with van der Waals surface area (Å²) in [6.45, 7) is 4.41. The smallest absolute Gasteiger partial charge is 0.356 e. The highest BCUT2D eigenvalue weighted by Crippen LogP contribution is 2.14. The summed E-state index contributed by atoms with van der Waals surface area (Å²) in [6, 6.07) is 6.26. The van der Waals surface area contributed by atoms with Crippen LogP contribution in [0.3, 0.4) is 0 Å². The number of benzene rings is 1. The van der Waals surface area contributed by atoms with E-state index in [-0.39, 0.29) is 29.7 Å². The van der Waals surface area contributed by atoms with Gasteiger partial charge in [-0.15, -0.1) is 0 Å². The fourth-order valence-electron chi connectivity index (χ4n) is 2.20. The Morgan fingerprint density at radius 3 is 2.33 bits per heavy atom. The first kappa shape index (κ1) is 17.5. The molecule has 0 saturated carbocycles. The third kappa shape index (κ3) is 4.34. The Kier molecular flexibility index (Phi) is 5.57. The van der Waals surface area contributed by atoms with Crippen LogP contribution in [0.25, 0.3) is 0 Å². The second-order valence-corrected chi connectivity index (χ2v) is 5.76. The number of rotatable bonds is 6. The number of carboxylic acids is 1. The summed E-state index contributed by atoms with van der Waals surface area (Å²) in [5, 5.41) is 8.83. The molecule has 0 unspecified atom stereocenters. The molecular weight excluding hydrogens is 313 g/mol. The molecule has 0 aliphatic rings. The number of carbonyl (C=O) groups is 2. The van der Waals surface area contributed by atoms with Crippen LogP contribution in [0.2, 0.25) is 0 Å². The minimum absolute atomic E-state index is 0.0250. The van der Waals surface area contributed by atoms with Crippen molar-refractivity contribution in [1.82, 2.24) is 14.9 Å². The lowest BCUT2D eigenvalue weighted by Gasteiger charge is -2.24. The second kappa shape index (κ2) is 7.63. The third-order valence-corrected chi connectivity index (χ3v) is 3.28. The lowest BCUT2D eigenvalue weighted by Crippen LogP contribution is -2.34. The molecule has 1 heterocycles. The molecule has 0 saturated heterocycles. The summed E-state index contributed by atoms with van der Waals surface area (Å²) in [4.78, 5) is 32.5. The van der Waals surface area contributed by atoms with E-state index in [0.717, 1.165) is 12.4 Å². The van der Waals surface area contributed by atoms with Gasteiger partial charge in [-0.25, -0.2) is 19.2 Å². The molecule has 0 atom stereocenters. The van der Waals surface area contributed by atoms with Crippen LogP contribution in [-0.4, -0.2) is 38.4 Å². The summed E-state index contributed by atoms with van der Waals surface area (Å²) < 4.78 is 13.9. The molecule has 0 aliphatic carbocycles. The van der Waals surface area contributed by atoms with Crippen LogP contribution >= 0.6 is 0 Å². The summed E-state index contributed by atoms with van der Waals surface area (Å²) >= 11 is 0. The first-order valence-electron chi connectivity index (χ1n) is 7.46. The van der Waals surface area contributed by atoms with Gasteiger partial charge in [-0.1, -0.05) is 32.0 Å². The van der Waals surface area contributed by atoms with E-state index in [1.165, 1.54) is 11.0 Å². The van der Waals surface area contributed by atoms with E-state index in [1.807, 2.05) is 13.8 Å². The maximum Gasteiger partial charge on any atom is 0.356 e. The molecule has 6 nitrogen and oxygen atoms in total. The van der Waals surface area contributed by atoms with Gasteiger partial charge in [0.05, 0.1) is 12.4 Å². The van der Waals surface area contributed by atoms with Crippen LogP contribution in [0.1, 0.15) is 40.4 Å². The van der Waals surface area contributed by atoms with E-state index in [4.69, 9.17) is 5.11 Å². The molecule has 126 valence electrons. The molecule has 0 radical (unpaired) electrons. The minimum atomic E-state index is -1.22. The Bertz CT molecular complexity index is 732. The van der Waals surface area contributed by atoms with Crippen molar-refractivity contribution in [2.45, 2.75) is 20.4 Å². The normalized spacial score (nSPS) is 10.7. The Balaban J connectivity index is 2.24. The lowest BCUT2D eigenvalue weighted by atomic mass is 10.1. The first-order valence-corrected chi connectivity index (χ1v) is 7.46. The van der Waals surface area contributed by atoms with Gasteiger partial charge in [-0.3, -0.25) is 4.79 Å². The van der Waals surface area contributed by atoms with Gasteiger partial charge in [0.1, 0.15) is 11.5 Å². The van der Waals surface area contributed by atoms with Gasteiger partial charge in [-0.05, 0) is 12.0 Å². The Morgan fingerprint density at radius 2 is 1.79 bits per heavy atom. The van der Waals surface area contributed by atoms with Crippen LogP contribution in [0.15, 0.2) is 36.7 Å². The lowest BCUT2D eigenvalue weighted by molar-refractivity contribution is 0.0681. The van der Waals surface area contributed by atoms with Gasteiger partial charge in [0, 0.05) is 18.7 Å². The van der Waals surface area contributed by atoms with Crippen LogP contribution in [0.4, 0.5) is 4.39 Å². The topological polar surface area (TPSA) is 83.4 Å². The van der Waals surface area contributed by atoms with E-state index in [1.54, 1.807) is 18.2 Å². The number of aromatic carboxylic acids is 1. The molecule has 0 aliphatic heterocycles. The maximum atomic E-state index is 13.9. The molecule has 0 spiro atoms. The molecule has 1 aromatic heterocycles. The van der Waals surface area contributed by atoms with Gasteiger partial charge in [-0.2, -0.15) is 0 Å². The standard InChI is InChI=1S/C17H18FN3O3/c1-11(2)9-21(10-12-5-3-4-6-13(12)18)16(22)14-7-20-15(8-19-14)17(23)24/h3-8,11H,9-10H2,1-2H3,(H,23,24). The first-order chi connectivity index (χ1) is 11.4. The SMILES string of the molecule is CC(C)CN(Cc1ccccc1F)C(=O)c1cnc(C(=O)O)cn1. The number of carbonyl (C=O) groups excluding carboxylic acids is 1. The Morgan fingerprint density at radius 1 is 1.17 bits per heavy atom. The predicted molar refractivity (Wildman–Crippen MR) is 85.0 cm³/mol. The van der Waals surface area contributed by atoms with E-state index >= 15 is 0 Å². The molecule has 0 fully saturated rings. The predicted octanol–water partition coefficient (Wildman–Crippen LogP) is 2.61. The van der Waals surface area contributed by atoms with Gasteiger partial charge < -0.3 is 10.0 Å². The molecule has 2 aromatic rings. The molecule has 24 heavy (non-hydrogen) atoms. The van der Waals surface area contributed by atoms with Crippen molar-refractivity contribution in [3.8, 4) is 0 Å². The molecular formula is C17H18FN3O3.